The first-order valence-electron chi connectivity index (χ1n) is 8.04. The van der Waals surface area contributed by atoms with Crippen molar-refractivity contribution in [3.63, 3.8) is 0 Å². The van der Waals surface area contributed by atoms with Crippen LogP contribution in [0.3, 0.4) is 0 Å². The molecule has 2 rings (SSSR count). The predicted octanol–water partition coefficient (Wildman–Crippen LogP) is 5.27. The molecule has 140 valence electrons. The summed E-state index contributed by atoms with van der Waals surface area (Å²) in [6.45, 7) is 4.61. The lowest BCUT2D eigenvalue weighted by Crippen LogP contribution is -2.25. The maximum Gasteiger partial charge on any atom is 0.418 e. The van der Waals surface area contributed by atoms with Gasteiger partial charge in [0.05, 0.1) is 28.7 Å². The number of rotatable bonds is 6. The van der Waals surface area contributed by atoms with Gasteiger partial charge < -0.3 is 10.6 Å². The molecule has 0 saturated heterocycles. The zero-order chi connectivity index (χ0) is 19.3. The number of hydrogen-bond acceptors (Lipinski definition) is 3. The van der Waals surface area contributed by atoms with Crippen LogP contribution in [0.25, 0.3) is 0 Å². The van der Waals surface area contributed by atoms with Crippen LogP contribution in [0, 0.1) is 5.92 Å². The van der Waals surface area contributed by atoms with Crippen LogP contribution in [-0.2, 0) is 6.18 Å². The third-order valence-electron chi connectivity index (χ3n) is 3.57. The Morgan fingerprint density at radius 2 is 1.96 bits per heavy atom. The Kier molecular flexibility index (Phi) is 6.47. The SMILES string of the molecule is CC(C)CCNC(=O)c1cncc(Nc2ccc(Cl)cc2C(F)(F)F)c1. The fraction of sp³-hybridized carbons (Fsp3) is 0.333. The Morgan fingerprint density at radius 3 is 2.62 bits per heavy atom. The van der Waals surface area contributed by atoms with E-state index in [0.717, 1.165) is 12.5 Å². The van der Waals surface area contributed by atoms with E-state index in [1.54, 1.807) is 0 Å². The maximum absolute atomic E-state index is 13.2. The second-order valence-electron chi connectivity index (χ2n) is 6.21. The lowest BCUT2D eigenvalue weighted by molar-refractivity contribution is -0.136. The molecule has 0 radical (unpaired) electrons. The summed E-state index contributed by atoms with van der Waals surface area (Å²) in [7, 11) is 0. The van der Waals surface area contributed by atoms with Crippen molar-refractivity contribution in [3.8, 4) is 0 Å². The molecule has 0 saturated carbocycles. The molecule has 0 atom stereocenters. The highest BCUT2D eigenvalue weighted by atomic mass is 35.5. The van der Waals surface area contributed by atoms with Gasteiger partial charge >= 0.3 is 6.18 Å². The third-order valence-corrected chi connectivity index (χ3v) is 3.81. The molecular weight excluding hydrogens is 367 g/mol. The Bertz CT molecular complexity index is 779. The summed E-state index contributed by atoms with van der Waals surface area (Å²) in [5, 5.41) is 5.40. The number of alkyl halides is 3. The fourth-order valence-electron chi connectivity index (χ4n) is 2.22. The van der Waals surface area contributed by atoms with Crippen LogP contribution >= 0.6 is 11.6 Å². The van der Waals surface area contributed by atoms with Crippen molar-refractivity contribution in [1.82, 2.24) is 10.3 Å². The predicted molar refractivity (Wildman–Crippen MR) is 95.8 cm³/mol. The molecule has 2 N–H and O–H groups in total. The highest BCUT2D eigenvalue weighted by Gasteiger charge is 2.33. The van der Waals surface area contributed by atoms with E-state index in [1.165, 1.54) is 30.6 Å². The number of nitrogens with zero attached hydrogens (tertiary/aromatic N) is 1. The molecule has 0 aliphatic carbocycles. The smallest absolute Gasteiger partial charge is 0.354 e. The van der Waals surface area contributed by atoms with E-state index in [9.17, 15) is 18.0 Å². The third kappa shape index (κ3) is 5.62. The number of nitrogens with one attached hydrogen (secondary N) is 2. The average Bonchev–Trinajstić information content (AvgIpc) is 2.55. The zero-order valence-corrected chi connectivity index (χ0v) is 15.1. The van der Waals surface area contributed by atoms with Gasteiger partial charge in [-0.2, -0.15) is 13.2 Å². The first-order chi connectivity index (χ1) is 12.2. The second-order valence-corrected chi connectivity index (χ2v) is 6.65. The molecule has 1 heterocycles. The van der Waals surface area contributed by atoms with Crippen LogP contribution in [0.1, 0.15) is 36.2 Å². The topological polar surface area (TPSA) is 54.0 Å². The molecule has 8 heteroatoms. The van der Waals surface area contributed by atoms with Gasteiger partial charge in [-0.05, 0) is 36.6 Å². The van der Waals surface area contributed by atoms with E-state index in [0.29, 0.717) is 12.5 Å². The van der Waals surface area contributed by atoms with Crippen molar-refractivity contribution in [2.45, 2.75) is 26.4 Å². The number of amides is 1. The van der Waals surface area contributed by atoms with E-state index in [4.69, 9.17) is 11.6 Å². The number of hydrogen-bond donors (Lipinski definition) is 2. The standard InChI is InChI=1S/C18H19ClF3N3O/c1-11(2)5-6-24-17(26)12-7-14(10-23-9-12)25-16-4-3-13(19)8-15(16)18(20,21)22/h3-4,7-11,25H,5-6H2,1-2H3,(H,24,26). The molecular formula is C18H19ClF3N3O. The first kappa shape index (κ1) is 20.0. The molecule has 4 nitrogen and oxygen atoms in total. The van der Waals surface area contributed by atoms with Crippen LogP contribution in [0.15, 0.2) is 36.7 Å². The zero-order valence-electron chi connectivity index (χ0n) is 14.3. The quantitative estimate of drug-likeness (QED) is 0.711. The Morgan fingerprint density at radius 1 is 1.23 bits per heavy atom. The number of carbonyl (C=O) groups is 1. The molecule has 1 aromatic heterocycles. The normalized spacial score (nSPS) is 11.5. The number of carbonyl (C=O) groups excluding carboxylic acids is 1. The number of pyridine rings is 1. The summed E-state index contributed by atoms with van der Waals surface area (Å²) in [6, 6.07) is 4.89. The monoisotopic (exact) mass is 385 g/mol. The molecule has 0 unspecified atom stereocenters. The van der Waals surface area contributed by atoms with Gasteiger partial charge in [0.15, 0.2) is 0 Å². The van der Waals surface area contributed by atoms with Crippen LogP contribution in [0.4, 0.5) is 24.5 Å². The van der Waals surface area contributed by atoms with Gasteiger partial charge in [0, 0.05) is 17.8 Å². The lowest BCUT2D eigenvalue weighted by Gasteiger charge is -2.15. The van der Waals surface area contributed by atoms with E-state index in [2.05, 4.69) is 15.6 Å². The van der Waals surface area contributed by atoms with E-state index in [-0.39, 0.29) is 27.9 Å². The summed E-state index contributed by atoms with van der Waals surface area (Å²) in [4.78, 5) is 16.0. The second kappa shape index (κ2) is 8.40. The molecule has 0 spiro atoms. The molecule has 0 fully saturated rings. The lowest BCUT2D eigenvalue weighted by atomic mass is 10.1. The number of benzene rings is 1. The molecule has 0 aliphatic heterocycles. The van der Waals surface area contributed by atoms with Crippen molar-refractivity contribution in [2.24, 2.45) is 5.92 Å². The number of anilines is 2. The summed E-state index contributed by atoms with van der Waals surface area (Å²) in [5.74, 6) is 0.126. The van der Waals surface area contributed by atoms with Gasteiger partial charge in [0.1, 0.15) is 0 Å². The molecule has 0 aliphatic rings. The fourth-order valence-corrected chi connectivity index (χ4v) is 2.40. The molecule has 1 aromatic carbocycles. The van der Waals surface area contributed by atoms with Gasteiger partial charge in [-0.25, -0.2) is 0 Å². The van der Waals surface area contributed by atoms with Crippen LogP contribution in [-0.4, -0.2) is 17.4 Å². The highest BCUT2D eigenvalue weighted by molar-refractivity contribution is 6.30. The van der Waals surface area contributed by atoms with Crippen LogP contribution < -0.4 is 10.6 Å². The Hall–Kier alpha value is -2.28. The van der Waals surface area contributed by atoms with Crippen LogP contribution in [0.5, 0.6) is 0 Å². The summed E-state index contributed by atoms with van der Waals surface area (Å²) in [6.07, 6.45) is -1.02. The largest absolute Gasteiger partial charge is 0.418 e. The average molecular weight is 386 g/mol. The van der Waals surface area contributed by atoms with Crippen molar-refractivity contribution >= 4 is 28.9 Å². The van der Waals surface area contributed by atoms with Gasteiger partial charge in [-0.3, -0.25) is 9.78 Å². The highest BCUT2D eigenvalue weighted by Crippen LogP contribution is 2.37. The molecule has 1 amide bonds. The molecule has 2 aromatic rings. The summed E-state index contributed by atoms with van der Waals surface area (Å²) in [5.41, 5.74) is -0.520. The minimum Gasteiger partial charge on any atom is -0.354 e. The first-order valence-corrected chi connectivity index (χ1v) is 8.41. The van der Waals surface area contributed by atoms with Gasteiger partial charge in [-0.1, -0.05) is 25.4 Å². The van der Waals surface area contributed by atoms with E-state index >= 15 is 0 Å². The van der Waals surface area contributed by atoms with E-state index < -0.39 is 11.7 Å². The van der Waals surface area contributed by atoms with Gasteiger partial charge in [0.25, 0.3) is 5.91 Å². The van der Waals surface area contributed by atoms with Crippen molar-refractivity contribution in [2.75, 3.05) is 11.9 Å². The summed E-state index contributed by atoms with van der Waals surface area (Å²) < 4.78 is 39.5. The van der Waals surface area contributed by atoms with Gasteiger partial charge in [0.2, 0.25) is 0 Å². The number of aromatic nitrogens is 1. The van der Waals surface area contributed by atoms with E-state index in [1.807, 2.05) is 13.8 Å². The summed E-state index contributed by atoms with van der Waals surface area (Å²) >= 11 is 5.67. The molecule has 26 heavy (non-hydrogen) atoms. The van der Waals surface area contributed by atoms with Crippen molar-refractivity contribution < 1.29 is 18.0 Å². The number of halogens is 4. The molecule has 0 bridgehead atoms. The Labute approximate surface area is 154 Å². The minimum atomic E-state index is -4.56. The van der Waals surface area contributed by atoms with Gasteiger partial charge in [-0.15, -0.1) is 0 Å². The van der Waals surface area contributed by atoms with Crippen LogP contribution in [0.2, 0.25) is 5.02 Å². The minimum absolute atomic E-state index is 0.0146. The maximum atomic E-state index is 13.2. The van der Waals surface area contributed by atoms with Crippen molar-refractivity contribution in [3.05, 3.63) is 52.8 Å². The Balaban J connectivity index is 2.18. The van der Waals surface area contributed by atoms with Crippen molar-refractivity contribution in [1.29, 1.82) is 0 Å².